The van der Waals surface area contributed by atoms with Crippen molar-refractivity contribution in [3.63, 3.8) is 0 Å². The fourth-order valence-electron chi connectivity index (χ4n) is 1.83. The van der Waals surface area contributed by atoms with Gasteiger partial charge in [0, 0.05) is 18.5 Å². The minimum atomic E-state index is -0.774. The van der Waals surface area contributed by atoms with Gasteiger partial charge in [-0.1, -0.05) is 0 Å². The molecule has 0 aliphatic rings. The van der Waals surface area contributed by atoms with Crippen LogP contribution in [0.4, 0.5) is 14.5 Å². The minimum absolute atomic E-state index is 0.0185. The first-order valence-electron chi connectivity index (χ1n) is 6.51. The lowest BCUT2D eigenvalue weighted by Gasteiger charge is -2.12. The van der Waals surface area contributed by atoms with E-state index >= 15 is 0 Å². The number of rotatable bonds is 3. The van der Waals surface area contributed by atoms with Crippen LogP contribution in [0.1, 0.15) is 0 Å². The number of H-pyrrole nitrogens is 1. The van der Waals surface area contributed by atoms with Gasteiger partial charge < -0.3 is 5.32 Å². The van der Waals surface area contributed by atoms with Gasteiger partial charge in [-0.2, -0.15) is 5.10 Å². The maximum absolute atomic E-state index is 13.7. The lowest BCUT2D eigenvalue weighted by molar-refractivity contribution is 0.586. The molecule has 0 radical (unpaired) electrons. The smallest absolute Gasteiger partial charge is 0.215 e. The molecule has 2 aromatic heterocycles. The quantitative estimate of drug-likeness (QED) is 0.616. The Bertz CT molecular complexity index is 939. The molecule has 7 nitrogen and oxygen atoms in total. The van der Waals surface area contributed by atoms with Gasteiger partial charge in [0.05, 0.1) is 11.9 Å². The largest absolute Gasteiger partial charge is 0.329 e. The number of anilines is 1. The first kappa shape index (κ1) is 16.1. The van der Waals surface area contributed by atoms with Crippen molar-refractivity contribution in [1.29, 1.82) is 0 Å². The third kappa shape index (κ3) is 3.41. The highest BCUT2D eigenvalue weighted by molar-refractivity contribution is 7.80. The maximum Gasteiger partial charge on any atom is 0.215 e. The van der Waals surface area contributed by atoms with Gasteiger partial charge in [0.2, 0.25) is 10.6 Å². The lowest BCUT2D eigenvalue weighted by atomic mass is 10.3. The fourth-order valence-corrected chi connectivity index (χ4v) is 2.21. The molecule has 0 unspecified atom stereocenters. The number of benzene rings is 1. The molecule has 11 heteroatoms. The van der Waals surface area contributed by atoms with Crippen molar-refractivity contribution in [2.45, 2.75) is 0 Å². The van der Waals surface area contributed by atoms with Gasteiger partial charge in [-0.25, -0.2) is 23.5 Å². The van der Waals surface area contributed by atoms with Gasteiger partial charge in [-0.3, -0.25) is 10.4 Å². The molecule has 3 aromatic rings. The number of hydrogen-bond donors (Lipinski definition) is 3. The average molecular weight is 365 g/mol. The molecular weight excluding hydrogens is 356 g/mol. The average Bonchev–Trinajstić information content (AvgIpc) is 2.92. The summed E-state index contributed by atoms with van der Waals surface area (Å²) in [7, 11) is 0. The Kier molecular flexibility index (Phi) is 4.53. The number of aromatic amines is 1. The first-order valence-corrected chi connectivity index (χ1v) is 7.33. The number of hydrogen-bond acceptors (Lipinski definition) is 5. The summed E-state index contributed by atoms with van der Waals surface area (Å²) >= 11 is 10.2. The zero-order valence-corrected chi connectivity index (χ0v) is 13.5. The molecule has 0 aliphatic heterocycles. The summed E-state index contributed by atoms with van der Waals surface area (Å²) in [6.07, 6.45) is 4.52. The van der Waals surface area contributed by atoms with Gasteiger partial charge in [0.15, 0.2) is 5.11 Å². The number of thiocarbonyl (C=S) groups is 1. The summed E-state index contributed by atoms with van der Waals surface area (Å²) in [6, 6.07) is 3.10. The zero-order chi connectivity index (χ0) is 17.1. The van der Waals surface area contributed by atoms with Crippen LogP contribution < -0.4 is 10.7 Å². The molecule has 0 saturated heterocycles. The van der Waals surface area contributed by atoms with Gasteiger partial charge in [-0.15, -0.1) is 0 Å². The molecule has 122 valence electrons. The van der Waals surface area contributed by atoms with Crippen molar-refractivity contribution in [2.75, 3.05) is 10.7 Å². The molecule has 0 fully saturated rings. The number of aromatic nitrogens is 5. The highest BCUT2D eigenvalue weighted by Gasteiger charge is 2.12. The molecule has 0 spiro atoms. The Morgan fingerprint density at radius 2 is 2.08 bits per heavy atom. The molecule has 0 atom stereocenters. The third-order valence-corrected chi connectivity index (χ3v) is 3.32. The van der Waals surface area contributed by atoms with E-state index < -0.39 is 11.6 Å². The molecule has 24 heavy (non-hydrogen) atoms. The Morgan fingerprint density at radius 1 is 1.25 bits per heavy atom. The molecule has 2 heterocycles. The van der Waals surface area contributed by atoms with Crippen molar-refractivity contribution in [2.24, 2.45) is 0 Å². The monoisotopic (exact) mass is 365 g/mol. The molecule has 0 bridgehead atoms. The van der Waals surface area contributed by atoms with Crippen LogP contribution in [0, 0.1) is 16.4 Å². The molecule has 0 saturated carbocycles. The summed E-state index contributed by atoms with van der Waals surface area (Å²) in [5, 5.41) is 9.29. The Labute approximate surface area is 144 Å². The van der Waals surface area contributed by atoms with Crippen molar-refractivity contribution in [3.05, 3.63) is 53.2 Å². The topological polar surface area (TPSA) is 83.4 Å². The van der Waals surface area contributed by atoms with Crippen LogP contribution in [-0.4, -0.2) is 30.0 Å². The van der Waals surface area contributed by atoms with Crippen molar-refractivity contribution in [3.8, 4) is 11.5 Å². The Morgan fingerprint density at radius 3 is 2.79 bits per heavy atom. The van der Waals surface area contributed by atoms with E-state index in [4.69, 9.17) is 24.4 Å². The Hall–Kier alpha value is -2.79. The Balaban J connectivity index is 1.83. The third-order valence-electron chi connectivity index (χ3n) is 2.86. The summed E-state index contributed by atoms with van der Waals surface area (Å²) in [5.74, 6) is -1.11. The van der Waals surface area contributed by atoms with Crippen LogP contribution in [0.25, 0.3) is 11.5 Å². The predicted molar refractivity (Wildman–Crippen MR) is 90.4 cm³/mol. The normalized spacial score (nSPS) is 10.4. The summed E-state index contributed by atoms with van der Waals surface area (Å²) in [4.78, 5) is 8.07. The SMILES string of the molecule is Fc1ccc(NC(=S)Nn2c(-c3cnccn3)n[nH]c2=S)c(F)c1. The predicted octanol–water partition coefficient (Wildman–Crippen LogP) is 2.62. The second kappa shape index (κ2) is 6.76. The first-order chi connectivity index (χ1) is 11.5. The van der Waals surface area contributed by atoms with E-state index in [1.165, 1.54) is 29.3 Å². The molecule has 3 N–H and O–H groups in total. The minimum Gasteiger partial charge on any atom is -0.329 e. The highest BCUT2D eigenvalue weighted by Crippen LogP contribution is 2.15. The maximum atomic E-state index is 13.7. The summed E-state index contributed by atoms with van der Waals surface area (Å²) in [6.45, 7) is 0. The van der Waals surface area contributed by atoms with Gasteiger partial charge in [0.1, 0.15) is 17.3 Å². The number of nitrogens with zero attached hydrogens (tertiary/aromatic N) is 4. The fraction of sp³-hybridized carbons (Fsp3) is 0. The van der Waals surface area contributed by atoms with Gasteiger partial charge >= 0.3 is 0 Å². The van der Waals surface area contributed by atoms with E-state index in [-0.39, 0.29) is 15.6 Å². The van der Waals surface area contributed by atoms with E-state index in [1.807, 2.05) is 0 Å². The van der Waals surface area contributed by atoms with E-state index in [0.717, 1.165) is 12.1 Å². The van der Waals surface area contributed by atoms with Gasteiger partial charge in [-0.05, 0) is 36.6 Å². The van der Waals surface area contributed by atoms with Crippen molar-refractivity contribution < 1.29 is 8.78 Å². The molecular formula is C13H9F2N7S2. The van der Waals surface area contributed by atoms with Gasteiger partial charge in [0.25, 0.3) is 0 Å². The van der Waals surface area contributed by atoms with Crippen LogP contribution in [0.2, 0.25) is 0 Å². The van der Waals surface area contributed by atoms with Crippen LogP contribution in [-0.2, 0) is 0 Å². The molecule has 0 amide bonds. The standard InChI is InChI=1S/C13H9F2N7S2/c14-7-1-2-9(8(15)5-7)18-12(23)21-22-11(19-20-13(22)24)10-6-16-3-4-17-10/h1-6H,(H,20,24)(H2,18,21,23). The second-order valence-corrected chi connectivity index (χ2v) is 5.26. The number of nitrogens with one attached hydrogen (secondary N) is 3. The highest BCUT2D eigenvalue weighted by atomic mass is 32.1. The molecule has 1 aromatic carbocycles. The van der Waals surface area contributed by atoms with Crippen LogP contribution in [0.15, 0.2) is 36.8 Å². The number of halogens is 2. The van der Waals surface area contributed by atoms with E-state index in [0.29, 0.717) is 11.5 Å². The van der Waals surface area contributed by atoms with E-state index in [2.05, 4.69) is 30.9 Å². The van der Waals surface area contributed by atoms with Crippen molar-refractivity contribution >= 4 is 35.2 Å². The van der Waals surface area contributed by atoms with Crippen LogP contribution in [0.5, 0.6) is 0 Å². The summed E-state index contributed by atoms with van der Waals surface area (Å²) in [5.41, 5.74) is 3.23. The van der Waals surface area contributed by atoms with E-state index in [9.17, 15) is 8.78 Å². The van der Waals surface area contributed by atoms with Crippen molar-refractivity contribution in [1.82, 2.24) is 24.8 Å². The lowest BCUT2D eigenvalue weighted by Crippen LogP contribution is -2.28. The molecule has 0 aliphatic carbocycles. The zero-order valence-electron chi connectivity index (χ0n) is 11.8. The van der Waals surface area contributed by atoms with Crippen LogP contribution >= 0.6 is 24.4 Å². The van der Waals surface area contributed by atoms with E-state index in [1.54, 1.807) is 0 Å². The molecule has 3 rings (SSSR count). The van der Waals surface area contributed by atoms with Crippen LogP contribution in [0.3, 0.4) is 0 Å². The second-order valence-electron chi connectivity index (χ2n) is 4.47. The summed E-state index contributed by atoms with van der Waals surface area (Å²) < 4.78 is 28.2.